The fourth-order valence-electron chi connectivity index (χ4n) is 5.65. The van der Waals surface area contributed by atoms with E-state index in [1.54, 1.807) is 7.11 Å². The Kier molecular flexibility index (Phi) is 5.08. The van der Waals surface area contributed by atoms with Gasteiger partial charge in [-0.1, -0.05) is 42.5 Å². The van der Waals surface area contributed by atoms with Gasteiger partial charge in [-0.25, -0.2) is 0 Å². The molecule has 3 fully saturated rings. The smallest absolute Gasteiger partial charge is 0.118 e. The molecule has 3 aliphatic rings. The van der Waals surface area contributed by atoms with Gasteiger partial charge in [0, 0.05) is 51.9 Å². The molecule has 5 heteroatoms. The molecule has 3 heterocycles. The normalized spacial score (nSPS) is 27.0. The molecule has 0 amide bonds. The quantitative estimate of drug-likeness (QED) is 0.843. The summed E-state index contributed by atoms with van der Waals surface area (Å²) >= 11 is 0. The molecule has 0 saturated carbocycles. The number of benzene rings is 2. The standard InChI is InChI=1S/C24H31N3O2/c1-29-23-9-7-20(8-10-23)13-26-17-24(18-26)16-25(12-19-5-3-2-4-6-19)14-21-11-22(28)15-27(21)24/h2-10,21-22,28H,11-18H2,1H3. The fourth-order valence-corrected chi connectivity index (χ4v) is 5.65. The first kappa shape index (κ1) is 19.1. The van der Waals surface area contributed by atoms with Crippen LogP contribution in [-0.2, 0) is 13.1 Å². The molecule has 5 nitrogen and oxygen atoms in total. The van der Waals surface area contributed by atoms with E-state index in [0.717, 1.165) is 58.0 Å². The lowest BCUT2D eigenvalue weighted by Crippen LogP contribution is -2.77. The number of aliphatic hydroxyl groups excluding tert-OH is 1. The van der Waals surface area contributed by atoms with Crippen molar-refractivity contribution >= 4 is 0 Å². The van der Waals surface area contributed by atoms with Crippen LogP contribution in [0.5, 0.6) is 5.75 Å². The van der Waals surface area contributed by atoms with Crippen molar-refractivity contribution in [2.45, 2.75) is 37.2 Å². The molecule has 3 aliphatic heterocycles. The maximum Gasteiger partial charge on any atom is 0.118 e. The van der Waals surface area contributed by atoms with E-state index in [1.807, 2.05) is 12.1 Å². The number of aliphatic hydroxyl groups is 1. The Bertz CT molecular complexity index is 820. The Balaban J connectivity index is 1.27. The Hall–Kier alpha value is -1.92. The molecule has 29 heavy (non-hydrogen) atoms. The van der Waals surface area contributed by atoms with Crippen molar-refractivity contribution in [1.29, 1.82) is 0 Å². The third-order valence-electron chi connectivity index (χ3n) is 6.84. The highest BCUT2D eigenvalue weighted by Gasteiger charge is 2.55. The number of likely N-dealkylation sites (tertiary alicyclic amines) is 1. The summed E-state index contributed by atoms with van der Waals surface area (Å²) in [6.07, 6.45) is 0.732. The highest BCUT2D eigenvalue weighted by Crippen LogP contribution is 2.39. The second kappa shape index (κ2) is 7.73. The molecule has 154 valence electrons. The van der Waals surface area contributed by atoms with Crippen LogP contribution in [0.3, 0.4) is 0 Å². The van der Waals surface area contributed by atoms with Crippen LogP contribution in [0.4, 0.5) is 0 Å². The molecular formula is C24H31N3O2. The van der Waals surface area contributed by atoms with Crippen LogP contribution < -0.4 is 4.74 Å². The first-order valence-corrected chi connectivity index (χ1v) is 10.7. The SMILES string of the molecule is COc1ccc(CN2CC3(CN(Cc4ccccc4)CC4CC(O)CN43)C2)cc1. The van der Waals surface area contributed by atoms with Crippen molar-refractivity contribution in [2.75, 3.05) is 39.8 Å². The van der Waals surface area contributed by atoms with Gasteiger partial charge in [0.05, 0.1) is 18.8 Å². The Morgan fingerprint density at radius 2 is 1.55 bits per heavy atom. The number of ether oxygens (including phenoxy) is 1. The van der Waals surface area contributed by atoms with E-state index < -0.39 is 0 Å². The number of piperazine rings is 1. The van der Waals surface area contributed by atoms with Gasteiger partial charge in [-0.15, -0.1) is 0 Å². The zero-order chi connectivity index (χ0) is 19.8. The van der Waals surface area contributed by atoms with Crippen LogP contribution in [-0.4, -0.2) is 77.3 Å². The van der Waals surface area contributed by atoms with Crippen molar-refractivity contribution in [3.8, 4) is 5.75 Å². The summed E-state index contributed by atoms with van der Waals surface area (Å²) in [6, 6.07) is 19.7. The highest BCUT2D eigenvalue weighted by molar-refractivity contribution is 5.28. The zero-order valence-electron chi connectivity index (χ0n) is 17.2. The van der Waals surface area contributed by atoms with Crippen molar-refractivity contribution in [3.05, 3.63) is 65.7 Å². The lowest BCUT2D eigenvalue weighted by atomic mass is 9.83. The third kappa shape index (κ3) is 3.80. The zero-order valence-corrected chi connectivity index (χ0v) is 17.2. The lowest BCUT2D eigenvalue weighted by Gasteiger charge is -2.61. The maximum absolute atomic E-state index is 10.4. The van der Waals surface area contributed by atoms with Crippen LogP contribution in [0, 0.1) is 0 Å². The van der Waals surface area contributed by atoms with E-state index in [0.29, 0.717) is 6.04 Å². The topological polar surface area (TPSA) is 39.2 Å². The molecule has 1 spiro atoms. The van der Waals surface area contributed by atoms with Crippen molar-refractivity contribution in [3.63, 3.8) is 0 Å². The number of rotatable bonds is 5. The highest BCUT2D eigenvalue weighted by atomic mass is 16.5. The van der Waals surface area contributed by atoms with Crippen LogP contribution in [0.1, 0.15) is 17.5 Å². The van der Waals surface area contributed by atoms with Gasteiger partial charge in [0.2, 0.25) is 0 Å². The van der Waals surface area contributed by atoms with Gasteiger partial charge in [0.25, 0.3) is 0 Å². The second-order valence-corrected chi connectivity index (χ2v) is 9.07. The molecule has 0 bridgehead atoms. The van der Waals surface area contributed by atoms with E-state index >= 15 is 0 Å². The van der Waals surface area contributed by atoms with Gasteiger partial charge < -0.3 is 9.84 Å². The summed E-state index contributed by atoms with van der Waals surface area (Å²) in [4.78, 5) is 7.78. The summed E-state index contributed by atoms with van der Waals surface area (Å²) < 4.78 is 5.27. The molecule has 5 rings (SSSR count). The minimum absolute atomic E-state index is 0.177. The van der Waals surface area contributed by atoms with Gasteiger partial charge in [-0.05, 0) is 29.7 Å². The molecular weight excluding hydrogens is 362 g/mol. The molecule has 2 unspecified atom stereocenters. The van der Waals surface area contributed by atoms with E-state index in [9.17, 15) is 5.11 Å². The molecule has 2 atom stereocenters. The monoisotopic (exact) mass is 393 g/mol. The van der Waals surface area contributed by atoms with Crippen molar-refractivity contribution < 1.29 is 9.84 Å². The minimum atomic E-state index is -0.177. The van der Waals surface area contributed by atoms with Crippen molar-refractivity contribution in [2.24, 2.45) is 0 Å². The molecule has 0 aliphatic carbocycles. The second-order valence-electron chi connectivity index (χ2n) is 9.07. The average Bonchev–Trinajstić information content (AvgIpc) is 3.09. The molecule has 0 aromatic heterocycles. The number of nitrogens with zero attached hydrogens (tertiary/aromatic N) is 3. The van der Waals surface area contributed by atoms with Gasteiger partial charge in [-0.3, -0.25) is 14.7 Å². The van der Waals surface area contributed by atoms with Gasteiger partial charge >= 0.3 is 0 Å². The van der Waals surface area contributed by atoms with Crippen LogP contribution in [0.15, 0.2) is 54.6 Å². The van der Waals surface area contributed by atoms with E-state index in [-0.39, 0.29) is 11.6 Å². The number of hydrogen-bond acceptors (Lipinski definition) is 5. The number of methoxy groups -OCH3 is 1. The Morgan fingerprint density at radius 3 is 2.28 bits per heavy atom. The van der Waals surface area contributed by atoms with E-state index in [1.165, 1.54) is 11.1 Å². The fraction of sp³-hybridized carbons (Fsp3) is 0.500. The minimum Gasteiger partial charge on any atom is -0.497 e. The Labute approximate surface area is 173 Å². The van der Waals surface area contributed by atoms with E-state index in [4.69, 9.17) is 4.74 Å². The summed E-state index contributed by atoms with van der Waals surface area (Å²) in [6.45, 7) is 7.12. The summed E-state index contributed by atoms with van der Waals surface area (Å²) in [5.74, 6) is 0.909. The Morgan fingerprint density at radius 1 is 0.897 bits per heavy atom. The first-order valence-electron chi connectivity index (χ1n) is 10.7. The first-order chi connectivity index (χ1) is 14.1. The summed E-state index contributed by atoms with van der Waals surface area (Å²) in [7, 11) is 1.71. The predicted octanol–water partition coefficient (Wildman–Crippen LogP) is 2.20. The molecule has 3 saturated heterocycles. The average molecular weight is 394 g/mol. The molecule has 2 aromatic carbocycles. The van der Waals surface area contributed by atoms with Gasteiger partial charge in [0.1, 0.15) is 5.75 Å². The predicted molar refractivity (Wildman–Crippen MR) is 114 cm³/mol. The maximum atomic E-state index is 10.4. The summed E-state index contributed by atoms with van der Waals surface area (Å²) in [5.41, 5.74) is 2.89. The largest absolute Gasteiger partial charge is 0.497 e. The van der Waals surface area contributed by atoms with Crippen LogP contribution >= 0.6 is 0 Å². The number of fused-ring (bicyclic) bond motifs is 2. The molecule has 2 aromatic rings. The third-order valence-corrected chi connectivity index (χ3v) is 6.84. The van der Waals surface area contributed by atoms with Crippen LogP contribution in [0.2, 0.25) is 0 Å². The number of hydrogen-bond donors (Lipinski definition) is 1. The molecule has 1 N–H and O–H groups in total. The van der Waals surface area contributed by atoms with Crippen LogP contribution in [0.25, 0.3) is 0 Å². The summed E-state index contributed by atoms with van der Waals surface area (Å²) in [5, 5.41) is 10.4. The number of β-amino-alcohol motifs (C(OH)–C–C–N with tert-alkyl or cyclic N) is 1. The van der Waals surface area contributed by atoms with Gasteiger partial charge in [0.15, 0.2) is 0 Å². The lowest BCUT2D eigenvalue weighted by molar-refractivity contribution is -0.118. The van der Waals surface area contributed by atoms with Crippen molar-refractivity contribution in [1.82, 2.24) is 14.7 Å². The van der Waals surface area contributed by atoms with Gasteiger partial charge in [-0.2, -0.15) is 0 Å². The van der Waals surface area contributed by atoms with E-state index in [2.05, 4.69) is 57.2 Å². The molecule has 0 radical (unpaired) electrons.